The van der Waals surface area contributed by atoms with Crippen LogP contribution in [0.25, 0.3) is 0 Å². The molecule has 0 radical (unpaired) electrons. The zero-order chi connectivity index (χ0) is 18.7. The van der Waals surface area contributed by atoms with Crippen LogP contribution in [0.4, 0.5) is 11.4 Å². The molecule has 6 nitrogen and oxygen atoms in total. The molecule has 3 rings (SSSR count). The van der Waals surface area contributed by atoms with Gasteiger partial charge in [-0.1, -0.05) is 17.7 Å². The molecule has 1 aliphatic heterocycles. The minimum atomic E-state index is -0.103. The van der Waals surface area contributed by atoms with Crippen LogP contribution in [0.3, 0.4) is 0 Å². The van der Waals surface area contributed by atoms with Gasteiger partial charge in [-0.05, 0) is 18.2 Å². The summed E-state index contributed by atoms with van der Waals surface area (Å²) in [6, 6.07) is 11.1. The first kappa shape index (κ1) is 18.2. The zero-order valence-electron chi connectivity index (χ0n) is 14.9. The first-order valence-electron chi connectivity index (χ1n) is 8.34. The van der Waals surface area contributed by atoms with Crippen molar-refractivity contribution in [3.63, 3.8) is 0 Å². The molecule has 0 bridgehead atoms. The van der Waals surface area contributed by atoms with Gasteiger partial charge in [0.1, 0.15) is 11.5 Å². The van der Waals surface area contributed by atoms with Crippen LogP contribution >= 0.6 is 11.6 Å². The van der Waals surface area contributed by atoms with Crippen molar-refractivity contribution < 1.29 is 14.3 Å². The van der Waals surface area contributed by atoms with Crippen LogP contribution in [0, 0.1) is 0 Å². The Morgan fingerprint density at radius 1 is 1.08 bits per heavy atom. The monoisotopic (exact) mass is 375 g/mol. The van der Waals surface area contributed by atoms with E-state index in [9.17, 15) is 4.79 Å². The Morgan fingerprint density at radius 2 is 1.81 bits per heavy atom. The van der Waals surface area contributed by atoms with Crippen molar-refractivity contribution in [3.05, 3.63) is 47.0 Å². The summed E-state index contributed by atoms with van der Waals surface area (Å²) in [6.45, 7) is 2.70. The summed E-state index contributed by atoms with van der Waals surface area (Å²) in [6.07, 6.45) is 0. The Morgan fingerprint density at radius 3 is 2.46 bits per heavy atom. The predicted octanol–water partition coefficient (Wildman–Crippen LogP) is 2.90. The zero-order valence-corrected chi connectivity index (χ0v) is 15.6. The van der Waals surface area contributed by atoms with E-state index in [-0.39, 0.29) is 5.91 Å². The minimum Gasteiger partial charge on any atom is -0.497 e. The van der Waals surface area contributed by atoms with Gasteiger partial charge >= 0.3 is 0 Å². The fourth-order valence-corrected chi connectivity index (χ4v) is 3.21. The van der Waals surface area contributed by atoms with Crippen LogP contribution in [0.2, 0.25) is 5.02 Å². The van der Waals surface area contributed by atoms with Gasteiger partial charge in [-0.25, -0.2) is 0 Å². The largest absolute Gasteiger partial charge is 0.497 e. The number of hydrogen-bond donors (Lipinski definition) is 1. The molecule has 7 heteroatoms. The molecule has 0 spiro atoms. The van der Waals surface area contributed by atoms with Crippen molar-refractivity contribution in [2.24, 2.45) is 0 Å². The van der Waals surface area contributed by atoms with E-state index in [1.54, 1.807) is 24.1 Å². The lowest BCUT2D eigenvalue weighted by Gasteiger charge is -2.36. The van der Waals surface area contributed by atoms with Crippen LogP contribution in [-0.2, 0) is 0 Å². The summed E-state index contributed by atoms with van der Waals surface area (Å²) in [5.41, 5.74) is 7.71. The van der Waals surface area contributed by atoms with Gasteiger partial charge < -0.3 is 25.0 Å². The van der Waals surface area contributed by atoms with Crippen LogP contribution < -0.4 is 20.1 Å². The fourth-order valence-electron chi connectivity index (χ4n) is 3.05. The minimum absolute atomic E-state index is 0.103. The van der Waals surface area contributed by atoms with Crippen molar-refractivity contribution in [1.29, 1.82) is 0 Å². The number of nitrogens with two attached hydrogens (primary N) is 1. The molecule has 1 amide bonds. The molecule has 1 fully saturated rings. The first-order chi connectivity index (χ1) is 12.5. The quantitative estimate of drug-likeness (QED) is 0.832. The Bertz CT molecular complexity index is 805. The highest BCUT2D eigenvalue weighted by atomic mass is 35.5. The number of carbonyl (C=O) groups is 1. The number of carbonyl (C=O) groups excluding carboxylic acids is 1. The van der Waals surface area contributed by atoms with Gasteiger partial charge in [-0.15, -0.1) is 0 Å². The van der Waals surface area contributed by atoms with E-state index in [0.717, 1.165) is 24.5 Å². The lowest BCUT2D eigenvalue weighted by atomic mass is 10.1. The molecule has 1 aliphatic rings. The number of anilines is 2. The van der Waals surface area contributed by atoms with E-state index in [0.29, 0.717) is 35.1 Å². The summed E-state index contributed by atoms with van der Waals surface area (Å²) in [7, 11) is 3.17. The first-order valence-corrected chi connectivity index (χ1v) is 8.72. The average molecular weight is 376 g/mol. The lowest BCUT2D eigenvalue weighted by molar-refractivity contribution is 0.0743. The van der Waals surface area contributed by atoms with Crippen LogP contribution in [0.15, 0.2) is 36.4 Å². The van der Waals surface area contributed by atoms with E-state index < -0.39 is 0 Å². The van der Waals surface area contributed by atoms with Gasteiger partial charge in [0.25, 0.3) is 5.91 Å². The predicted molar refractivity (Wildman–Crippen MR) is 104 cm³/mol. The average Bonchev–Trinajstić information content (AvgIpc) is 2.69. The molecule has 2 aromatic carbocycles. The molecule has 2 aromatic rings. The summed E-state index contributed by atoms with van der Waals surface area (Å²) in [5, 5.41) is 0.351. The normalized spacial score (nSPS) is 14.3. The topological polar surface area (TPSA) is 68.0 Å². The van der Waals surface area contributed by atoms with Gasteiger partial charge in [-0.2, -0.15) is 0 Å². The van der Waals surface area contributed by atoms with Crippen LogP contribution in [0.1, 0.15) is 10.4 Å². The summed E-state index contributed by atoms with van der Waals surface area (Å²) in [4.78, 5) is 16.9. The Kier molecular flexibility index (Phi) is 5.42. The second-order valence-electron chi connectivity index (χ2n) is 6.05. The van der Waals surface area contributed by atoms with Gasteiger partial charge in [0.15, 0.2) is 0 Å². The maximum Gasteiger partial charge on any atom is 0.257 e. The molecule has 0 aromatic heterocycles. The Labute approximate surface area is 158 Å². The number of hydrogen-bond acceptors (Lipinski definition) is 5. The number of nitrogen functional groups attached to an aromatic ring is 1. The molecule has 0 unspecified atom stereocenters. The smallest absolute Gasteiger partial charge is 0.257 e. The standard InChI is InChI=1S/C19H22ClN3O3/c1-25-14-5-3-4-13(10-14)22-6-8-23(9-7-22)19(24)15-11-16(20)17(21)12-18(15)26-2/h3-5,10-12H,6-9,21H2,1-2H3. The molecule has 26 heavy (non-hydrogen) atoms. The number of halogens is 1. The van der Waals surface area contributed by atoms with Crippen molar-refractivity contribution in [2.45, 2.75) is 0 Å². The highest BCUT2D eigenvalue weighted by Gasteiger charge is 2.25. The van der Waals surface area contributed by atoms with Gasteiger partial charge in [0, 0.05) is 44.0 Å². The summed E-state index contributed by atoms with van der Waals surface area (Å²) in [5.74, 6) is 1.16. The molecule has 1 saturated heterocycles. The van der Waals surface area contributed by atoms with Gasteiger partial charge in [0.05, 0.1) is 30.5 Å². The maximum atomic E-state index is 12.9. The van der Waals surface area contributed by atoms with Crippen LogP contribution in [-0.4, -0.2) is 51.2 Å². The number of nitrogens with zero attached hydrogens (tertiary/aromatic N) is 2. The van der Waals surface area contributed by atoms with Gasteiger partial charge in [-0.3, -0.25) is 4.79 Å². The molecular weight excluding hydrogens is 354 g/mol. The molecule has 0 aliphatic carbocycles. The number of rotatable bonds is 4. The third-order valence-electron chi connectivity index (χ3n) is 4.53. The number of methoxy groups -OCH3 is 2. The highest BCUT2D eigenvalue weighted by Crippen LogP contribution is 2.30. The Hall–Kier alpha value is -2.60. The Balaban J connectivity index is 1.72. The third kappa shape index (κ3) is 3.65. The second-order valence-corrected chi connectivity index (χ2v) is 6.46. The molecule has 1 heterocycles. The summed E-state index contributed by atoms with van der Waals surface area (Å²) >= 11 is 6.09. The maximum absolute atomic E-state index is 12.9. The van der Waals surface area contributed by atoms with Gasteiger partial charge in [0.2, 0.25) is 0 Å². The second kappa shape index (κ2) is 7.74. The lowest BCUT2D eigenvalue weighted by Crippen LogP contribution is -2.48. The van der Waals surface area contributed by atoms with E-state index in [2.05, 4.69) is 4.90 Å². The van der Waals surface area contributed by atoms with E-state index >= 15 is 0 Å². The highest BCUT2D eigenvalue weighted by molar-refractivity contribution is 6.33. The number of benzene rings is 2. The molecular formula is C19H22ClN3O3. The molecule has 0 atom stereocenters. The number of amides is 1. The SMILES string of the molecule is COc1cccc(N2CCN(C(=O)c3cc(Cl)c(N)cc3OC)CC2)c1. The third-order valence-corrected chi connectivity index (χ3v) is 4.86. The van der Waals surface area contributed by atoms with Crippen molar-refractivity contribution >= 4 is 28.9 Å². The molecule has 0 saturated carbocycles. The molecule has 138 valence electrons. The number of ether oxygens (including phenoxy) is 2. The van der Waals surface area contributed by atoms with E-state index in [4.69, 9.17) is 26.8 Å². The van der Waals surface area contributed by atoms with Crippen molar-refractivity contribution in [1.82, 2.24) is 4.90 Å². The van der Waals surface area contributed by atoms with E-state index in [1.165, 1.54) is 7.11 Å². The van der Waals surface area contributed by atoms with Crippen molar-refractivity contribution in [2.75, 3.05) is 51.0 Å². The van der Waals surface area contributed by atoms with E-state index in [1.807, 2.05) is 24.3 Å². The van der Waals surface area contributed by atoms with Crippen LogP contribution in [0.5, 0.6) is 11.5 Å². The molecule has 2 N–H and O–H groups in total. The number of piperazine rings is 1. The summed E-state index contributed by atoms with van der Waals surface area (Å²) < 4.78 is 10.6. The van der Waals surface area contributed by atoms with Crippen molar-refractivity contribution in [3.8, 4) is 11.5 Å². The fraction of sp³-hybridized carbons (Fsp3) is 0.316.